The molecule has 4 rings (SSSR count). The number of H-pyrrole nitrogens is 1. The lowest BCUT2D eigenvalue weighted by Gasteiger charge is -2.32. The third kappa shape index (κ3) is 5.85. The largest absolute Gasteiger partial charge is 0.462 e. The second kappa shape index (κ2) is 11.1. The van der Waals surface area contributed by atoms with Crippen molar-refractivity contribution >= 4 is 34.3 Å². The number of urea groups is 1. The Morgan fingerprint density at radius 3 is 2.66 bits per heavy atom. The topological polar surface area (TPSA) is 86.5 Å². The molecule has 0 saturated heterocycles. The summed E-state index contributed by atoms with van der Waals surface area (Å²) in [5.41, 5.74) is 3.90. The predicted molar refractivity (Wildman–Crippen MR) is 141 cm³/mol. The van der Waals surface area contributed by atoms with Crippen molar-refractivity contribution in [3.05, 3.63) is 72.1 Å². The van der Waals surface area contributed by atoms with Gasteiger partial charge in [0.1, 0.15) is 0 Å². The SMILES string of the molecule is CCCC(C)N1C=CC(c2c[nH]c3ccc(NC(=O)Nc4cccc(C(=O)OCC)c4)cc23)CC1. The lowest BCUT2D eigenvalue weighted by atomic mass is 9.92. The first-order valence-electron chi connectivity index (χ1n) is 12.4. The number of anilines is 2. The summed E-state index contributed by atoms with van der Waals surface area (Å²) in [7, 11) is 0. The summed E-state index contributed by atoms with van der Waals surface area (Å²) in [5, 5.41) is 6.81. The molecule has 0 saturated carbocycles. The number of hydrogen-bond acceptors (Lipinski definition) is 4. The van der Waals surface area contributed by atoms with E-state index in [4.69, 9.17) is 4.74 Å². The van der Waals surface area contributed by atoms with Crippen LogP contribution in [0.2, 0.25) is 0 Å². The Morgan fingerprint density at radius 2 is 1.94 bits per heavy atom. The molecule has 7 heteroatoms. The average molecular weight is 475 g/mol. The van der Waals surface area contributed by atoms with Crippen LogP contribution < -0.4 is 10.6 Å². The molecule has 184 valence electrons. The molecule has 3 N–H and O–H groups in total. The van der Waals surface area contributed by atoms with Gasteiger partial charge in [-0.2, -0.15) is 0 Å². The van der Waals surface area contributed by atoms with Crippen LogP contribution in [0.1, 0.15) is 61.9 Å². The lowest BCUT2D eigenvalue weighted by Crippen LogP contribution is -2.32. The van der Waals surface area contributed by atoms with Crippen molar-refractivity contribution in [3.8, 4) is 0 Å². The van der Waals surface area contributed by atoms with Gasteiger partial charge in [0.15, 0.2) is 0 Å². The summed E-state index contributed by atoms with van der Waals surface area (Å²) in [6.07, 6.45) is 10.1. The van der Waals surface area contributed by atoms with Crippen molar-refractivity contribution in [3.63, 3.8) is 0 Å². The second-order valence-electron chi connectivity index (χ2n) is 9.00. The lowest BCUT2D eigenvalue weighted by molar-refractivity contribution is 0.0526. The highest BCUT2D eigenvalue weighted by Gasteiger charge is 2.20. The number of allylic oxidation sites excluding steroid dienone is 1. The summed E-state index contributed by atoms with van der Waals surface area (Å²) in [5.74, 6) is -0.0785. The van der Waals surface area contributed by atoms with Gasteiger partial charge in [0.2, 0.25) is 0 Å². The number of aromatic amines is 1. The maximum absolute atomic E-state index is 12.6. The maximum atomic E-state index is 12.6. The molecule has 35 heavy (non-hydrogen) atoms. The van der Waals surface area contributed by atoms with Crippen LogP contribution >= 0.6 is 0 Å². The van der Waals surface area contributed by atoms with Crippen LogP contribution in [0.4, 0.5) is 16.2 Å². The third-order valence-electron chi connectivity index (χ3n) is 6.48. The molecule has 3 aromatic rings. The highest BCUT2D eigenvalue weighted by molar-refractivity contribution is 6.02. The molecule has 0 bridgehead atoms. The van der Waals surface area contributed by atoms with Gasteiger partial charge in [0.25, 0.3) is 0 Å². The molecule has 0 fully saturated rings. The van der Waals surface area contributed by atoms with Crippen LogP contribution in [0.3, 0.4) is 0 Å². The predicted octanol–water partition coefficient (Wildman–Crippen LogP) is 6.48. The molecule has 1 aliphatic heterocycles. The zero-order valence-corrected chi connectivity index (χ0v) is 20.6. The molecule has 0 aliphatic carbocycles. The molecule has 2 atom stereocenters. The summed E-state index contributed by atoms with van der Waals surface area (Å²) in [6.45, 7) is 7.61. The fourth-order valence-electron chi connectivity index (χ4n) is 4.64. The van der Waals surface area contributed by atoms with Crippen molar-refractivity contribution in [1.29, 1.82) is 0 Å². The van der Waals surface area contributed by atoms with E-state index in [0.29, 0.717) is 35.5 Å². The Labute approximate surface area is 206 Å². The first-order valence-corrected chi connectivity index (χ1v) is 12.4. The van der Waals surface area contributed by atoms with E-state index in [2.05, 4.69) is 52.8 Å². The molecule has 0 radical (unpaired) electrons. The molecule has 0 spiro atoms. The van der Waals surface area contributed by atoms with E-state index in [-0.39, 0.29) is 6.03 Å². The number of carbonyl (C=O) groups is 2. The maximum Gasteiger partial charge on any atom is 0.338 e. The number of aromatic nitrogens is 1. The molecular formula is C28H34N4O3. The number of ether oxygens (including phenoxy) is 1. The van der Waals surface area contributed by atoms with Gasteiger partial charge in [0.05, 0.1) is 12.2 Å². The fraction of sp³-hybridized carbons (Fsp3) is 0.357. The van der Waals surface area contributed by atoms with E-state index in [9.17, 15) is 9.59 Å². The van der Waals surface area contributed by atoms with E-state index in [1.807, 2.05) is 18.2 Å². The van der Waals surface area contributed by atoms with Crippen molar-refractivity contribution in [2.75, 3.05) is 23.8 Å². The van der Waals surface area contributed by atoms with Crippen LogP contribution in [-0.2, 0) is 4.74 Å². The van der Waals surface area contributed by atoms with E-state index < -0.39 is 5.97 Å². The number of hydrogen-bond donors (Lipinski definition) is 3. The number of fused-ring (bicyclic) bond motifs is 1. The van der Waals surface area contributed by atoms with Gasteiger partial charge >= 0.3 is 12.0 Å². The van der Waals surface area contributed by atoms with Gasteiger partial charge in [-0.1, -0.05) is 25.5 Å². The van der Waals surface area contributed by atoms with E-state index >= 15 is 0 Å². The molecule has 2 unspecified atom stereocenters. The first-order chi connectivity index (χ1) is 17.0. The standard InChI is InChI=1S/C28H34N4O3/c1-4-7-19(3)32-14-12-20(13-15-32)25-18-29-26-11-10-23(17-24(25)26)31-28(34)30-22-9-6-8-21(16-22)27(33)35-5-2/h6,8-12,14,16-20,29H,4-5,7,13,15H2,1-3H3,(H2,30,31,34). The van der Waals surface area contributed by atoms with Crippen molar-refractivity contribution < 1.29 is 14.3 Å². The number of amides is 2. The van der Waals surface area contributed by atoms with Gasteiger partial charge in [0, 0.05) is 47.0 Å². The number of carbonyl (C=O) groups excluding carboxylic acids is 2. The molecule has 1 aromatic heterocycles. The van der Waals surface area contributed by atoms with Crippen LogP contribution in [0, 0.1) is 0 Å². The Morgan fingerprint density at radius 1 is 1.14 bits per heavy atom. The minimum Gasteiger partial charge on any atom is -0.462 e. The highest BCUT2D eigenvalue weighted by Crippen LogP contribution is 2.33. The zero-order chi connectivity index (χ0) is 24.8. The van der Waals surface area contributed by atoms with Gasteiger partial charge in [-0.3, -0.25) is 0 Å². The summed E-state index contributed by atoms with van der Waals surface area (Å²) in [4.78, 5) is 30.4. The Bertz CT molecular complexity index is 1220. The van der Waals surface area contributed by atoms with Crippen molar-refractivity contribution in [2.24, 2.45) is 0 Å². The molecule has 2 heterocycles. The minimum absolute atomic E-state index is 0.299. The average Bonchev–Trinajstić information content (AvgIpc) is 3.28. The van der Waals surface area contributed by atoms with E-state index in [0.717, 1.165) is 23.9 Å². The Kier molecular flexibility index (Phi) is 7.75. The number of nitrogens with zero attached hydrogens (tertiary/aromatic N) is 1. The highest BCUT2D eigenvalue weighted by atomic mass is 16.5. The number of benzene rings is 2. The normalized spacial score (nSPS) is 16.2. The zero-order valence-electron chi connectivity index (χ0n) is 20.6. The fourth-order valence-corrected chi connectivity index (χ4v) is 4.64. The Hall–Kier alpha value is -3.74. The van der Waals surface area contributed by atoms with Crippen LogP contribution in [-0.4, -0.2) is 41.1 Å². The van der Waals surface area contributed by atoms with Gasteiger partial charge in [-0.25, -0.2) is 9.59 Å². The van der Waals surface area contributed by atoms with Gasteiger partial charge in [-0.05, 0) is 74.9 Å². The van der Waals surface area contributed by atoms with Crippen LogP contribution in [0.15, 0.2) is 60.9 Å². The van der Waals surface area contributed by atoms with Crippen LogP contribution in [0.25, 0.3) is 10.9 Å². The van der Waals surface area contributed by atoms with E-state index in [1.54, 1.807) is 31.2 Å². The van der Waals surface area contributed by atoms with Crippen LogP contribution in [0.5, 0.6) is 0 Å². The summed E-state index contributed by atoms with van der Waals surface area (Å²) < 4.78 is 5.03. The summed E-state index contributed by atoms with van der Waals surface area (Å²) >= 11 is 0. The Balaban J connectivity index is 1.45. The van der Waals surface area contributed by atoms with Gasteiger partial charge < -0.3 is 25.3 Å². The van der Waals surface area contributed by atoms with Crippen molar-refractivity contribution in [1.82, 2.24) is 9.88 Å². The molecule has 2 amide bonds. The minimum atomic E-state index is -0.415. The van der Waals surface area contributed by atoms with E-state index in [1.165, 1.54) is 18.4 Å². The number of rotatable bonds is 8. The first kappa shape index (κ1) is 24.4. The molecular weight excluding hydrogens is 440 g/mol. The molecule has 2 aromatic carbocycles. The monoisotopic (exact) mass is 474 g/mol. The molecule has 1 aliphatic rings. The van der Waals surface area contributed by atoms with Crippen molar-refractivity contribution in [2.45, 2.75) is 52.0 Å². The van der Waals surface area contributed by atoms with Gasteiger partial charge in [-0.15, -0.1) is 0 Å². The number of nitrogens with one attached hydrogen (secondary N) is 3. The second-order valence-corrected chi connectivity index (χ2v) is 9.00. The molecule has 7 nitrogen and oxygen atoms in total. The quantitative estimate of drug-likeness (QED) is 0.326. The number of esters is 1. The third-order valence-corrected chi connectivity index (χ3v) is 6.48. The summed E-state index contributed by atoms with van der Waals surface area (Å²) in [6, 6.07) is 12.8. The smallest absolute Gasteiger partial charge is 0.338 e.